The molecule has 0 saturated heterocycles. The average molecular weight is 598 g/mol. The normalized spacial score (nSPS) is 13.6. The third-order valence-electron chi connectivity index (χ3n) is 5.81. The Labute approximate surface area is 241 Å². The van der Waals surface area contributed by atoms with Crippen LogP contribution in [0.15, 0.2) is 29.3 Å². The summed E-state index contributed by atoms with van der Waals surface area (Å²) >= 11 is 1.39. The van der Waals surface area contributed by atoms with Crippen LogP contribution in [0.4, 0.5) is 0 Å². The quantitative estimate of drug-likeness (QED) is 0.0499. The highest BCUT2D eigenvalue weighted by Gasteiger charge is 2.30. The summed E-state index contributed by atoms with van der Waals surface area (Å²) in [4.78, 5) is 65.4. The summed E-state index contributed by atoms with van der Waals surface area (Å²) in [5, 5.41) is 35.2. The van der Waals surface area contributed by atoms with Crippen molar-refractivity contribution in [3.05, 3.63) is 29.8 Å². The van der Waals surface area contributed by atoms with Crippen LogP contribution in [0.3, 0.4) is 0 Å². The second-order valence-electron chi connectivity index (χ2n) is 9.16. The standard InChI is InChI=1S/C25H39N7O8S/c1-41-12-10-18(23(38)32-19(24(39)40)8-9-20(34)35)31-22(37)17(3-2-11-29-25(27)28)30-21(36)16(26)13-14-4-6-15(33)7-5-14/h4-7,16-19,33H,2-3,8-13,26H2,1H3,(H,30,36)(H,31,37)(H,32,38)(H,34,35)(H,39,40)(H4,27,28,29). The second-order valence-corrected chi connectivity index (χ2v) is 10.1. The number of carboxylic acids is 2. The first-order valence-corrected chi connectivity index (χ1v) is 14.2. The van der Waals surface area contributed by atoms with E-state index in [0.717, 1.165) is 0 Å². The molecule has 0 bridgehead atoms. The summed E-state index contributed by atoms with van der Waals surface area (Å²) in [6.45, 7) is 0.168. The maximum Gasteiger partial charge on any atom is 0.326 e. The number of nitrogens with one attached hydrogen (secondary N) is 3. The predicted molar refractivity (Wildman–Crippen MR) is 153 cm³/mol. The number of nitrogens with zero attached hydrogens (tertiary/aromatic N) is 1. The van der Waals surface area contributed by atoms with E-state index in [1.54, 1.807) is 18.4 Å². The lowest BCUT2D eigenvalue weighted by Crippen LogP contribution is -2.57. The fourth-order valence-corrected chi connectivity index (χ4v) is 4.08. The number of carbonyl (C=O) groups is 5. The van der Waals surface area contributed by atoms with Gasteiger partial charge in [0.05, 0.1) is 6.04 Å². The number of guanidine groups is 1. The van der Waals surface area contributed by atoms with Crippen LogP contribution in [0.2, 0.25) is 0 Å². The Balaban J connectivity index is 3.02. The number of aliphatic imine (C=N–C) groups is 1. The number of phenolic OH excluding ortho intramolecular Hbond substituents is 1. The molecular formula is C25H39N7O8S. The maximum absolute atomic E-state index is 13.3. The van der Waals surface area contributed by atoms with Gasteiger partial charge in [-0.25, -0.2) is 4.79 Å². The minimum Gasteiger partial charge on any atom is -0.508 e. The monoisotopic (exact) mass is 597 g/mol. The molecule has 0 aromatic heterocycles. The van der Waals surface area contributed by atoms with Gasteiger partial charge in [-0.15, -0.1) is 0 Å². The molecule has 4 atom stereocenters. The van der Waals surface area contributed by atoms with Crippen molar-refractivity contribution in [3.8, 4) is 5.75 Å². The van der Waals surface area contributed by atoms with E-state index in [-0.39, 0.29) is 43.9 Å². The molecule has 0 aliphatic heterocycles. The van der Waals surface area contributed by atoms with Crippen molar-refractivity contribution in [1.82, 2.24) is 16.0 Å². The number of carbonyl (C=O) groups excluding carboxylic acids is 3. The number of hydrogen-bond donors (Lipinski definition) is 9. The first-order valence-electron chi connectivity index (χ1n) is 12.8. The Hall–Kier alpha value is -4.05. The molecule has 0 radical (unpaired) electrons. The van der Waals surface area contributed by atoms with Gasteiger partial charge in [-0.05, 0) is 61.8 Å². The van der Waals surface area contributed by atoms with E-state index in [2.05, 4.69) is 20.9 Å². The summed E-state index contributed by atoms with van der Waals surface area (Å²) in [6.07, 6.45) is 1.61. The Morgan fingerprint density at radius 2 is 1.44 bits per heavy atom. The van der Waals surface area contributed by atoms with Crippen LogP contribution in [-0.2, 0) is 30.4 Å². The number of rotatable bonds is 19. The number of thioether (sulfide) groups is 1. The molecule has 0 heterocycles. The fraction of sp³-hybridized carbons (Fsp3) is 0.520. The van der Waals surface area contributed by atoms with E-state index >= 15 is 0 Å². The average Bonchev–Trinajstić information content (AvgIpc) is 2.90. The Bertz CT molecular complexity index is 1070. The minimum absolute atomic E-state index is 0.0564. The molecule has 15 nitrogen and oxygen atoms in total. The molecular weight excluding hydrogens is 558 g/mol. The zero-order valence-corrected chi connectivity index (χ0v) is 23.6. The molecule has 0 aliphatic rings. The van der Waals surface area contributed by atoms with Gasteiger partial charge in [0.25, 0.3) is 0 Å². The number of amides is 3. The molecule has 0 spiro atoms. The van der Waals surface area contributed by atoms with Crippen LogP contribution in [-0.4, -0.2) is 93.7 Å². The van der Waals surface area contributed by atoms with Crippen molar-refractivity contribution in [2.75, 3.05) is 18.6 Å². The third-order valence-corrected chi connectivity index (χ3v) is 6.46. The molecule has 41 heavy (non-hydrogen) atoms. The van der Waals surface area contributed by atoms with Gasteiger partial charge in [0.1, 0.15) is 23.9 Å². The van der Waals surface area contributed by atoms with E-state index in [0.29, 0.717) is 17.7 Å². The molecule has 1 aromatic rings. The lowest BCUT2D eigenvalue weighted by atomic mass is 10.0. The Kier molecular flexibility index (Phi) is 15.6. The number of nitrogens with two attached hydrogens (primary N) is 3. The molecule has 0 fully saturated rings. The first-order chi connectivity index (χ1) is 19.3. The van der Waals surface area contributed by atoms with Crippen LogP contribution in [0.1, 0.15) is 37.7 Å². The van der Waals surface area contributed by atoms with Crippen molar-refractivity contribution >= 4 is 47.4 Å². The number of hydrogen-bond acceptors (Lipinski definition) is 9. The highest BCUT2D eigenvalue weighted by atomic mass is 32.2. The molecule has 1 aromatic carbocycles. The van der Waals surface area contributed by atoms with Gasteiger partial charge in [-0.1, -0.05) is 12.1 Å². The molecule has 4 unspecified atom stereocenters. The maximum atomic E-state index is 13.3. The largest absolute Gasteiger partial charge is 0.508 e. The molecule has 1 rings (SSSR count). The number of phenols is 1. The Morgan fingerprint density at radius 1 is 0.878 bits per heavy atom. The van der Waals surface area contributed by atoms with Gasteiger partial charge in [-0.3, -0.25) is 24.2 Å². The number of aliphatic carboxylic acids is 2. The van der Waals surface area contributed by atoms with Gasteiger partial charge in [0.15, 0.2) is 5.96 Å². The summed E-state index contributed by atoms with van der Waals surface area (Å²) in [5.41, 5.74) is 17.4. The lowest BCUT2D eigenvalue weighted by Gasteiger charge is -2.25. The molecule has 3 amide bonds. The zero-order chi connectivity index (χ0) is 30.9. The summed E-state index contributed by atoms with van der Waals surface area (Å²) in [6, 6.07) is 1.33. The van der Waals surface area contributed by atoms with Crippen LogP contribution in [0.25, 0.3) is 0 Å². The number of carboxylic acid groups (broad SMARTS) is 2. The van der Waals surface area contributed by atoms with Gasteiger partial charge < -0.3 is 48.5 Å². The molecule has 0 saturated carbocycles. The first kappa shape index (κ1) is 35.0. The number of aromatic hydroxyl groups is 1. The van der Waals surface area contributed by atoms with Crippen molar-refractivity contribution in [2.24, 2.45) is 22.2 Å². The summed E-state index contributed by atoms with van der Waals surface area (Å²) < 4.78 is 0. The van der Waals surface area contributed by atoms with Crippen LogP contribution < -0.4 is 33.2 Å². The van der Waals surface area contributed by atoms with Gasteiger partial charge in [-0.2, -0.15) is 11.8 Å². The minimum atomic E-state index is -1.47. The van der Waals surface area contributed by atoms with Crippen molar-refractivity contribution < 1.29 is 39.3 Å². The van der Waals surface area contributed by atoms with Crippen molar-refractivity contribution in [1.29, 1.82) is 0 Å². The van der Waals surface area contributed by atoms with Gasteiger partial charge >= 0.3 is 11.9 Å². The highest BCUT2D eigenvalue weighted by molar-refractivity contribution is 7.98. The predicted octanol–water partition coefficient (Wildman–Crippen LogP) is -1.53. The fourth-order valence-electron chi connectivity index (χ4n) is 3.60. The van der Waals surface area contributed by atoms with Gasteiger partial charge in [0.2, 0.25) is 17.7 Å². The number of benzene rings is 1. The zero-order valence-electron chi connectivity index (χ0n) is 22.7. The summed E-state index contributed by atoms with van der Waals surface area (Å²) in [5.74, 6) is -4.44. The molecule has 12 N–H and O–H groups in total. The van der Waals surface area contributed by atoms with E-state index < -0.39 is 60.2 Å². The topological polar surface area (TPSA) is 273 Å². The summed E-state index contributed by atoms with van der Waals surface area (Å²) in [7, 11) is 0. The lowest BCUT2D eigenvalue weighted by molar-refractivity contribution is -0.143. The van der Waals surface area contributed by atoms with E-state index in [9.17, 15) is 34.2 Å². The smallest absolute Gasteiger partial charge is 0.326 e. The van der Waals surface area contributed by atoms with E-state index in [1.165, 1.54) is 23.9 Å². The van der Waals surface area contributed by atoms with Gasteiger partial charge in [0, 0.05) is 13.0 Å². The Morgan fingerprint density at radius 3 is 1.98 bits per heavy atom. The van der Waals surface area contributed by atoms with Crippen LogP contribution in [0, 0.1) is 0 Å². The van der Waals surface area contributed by atoms with Crippen LogP contribution in [0.5, 0.6) is 5.75 Å². The molecule has 16 heteroatoms. The second kappa shape index (κ2) is 18.3. The molecule has 228 valence electrons. The molecule has 0 aliphatic carbocycles. The van der Waals surface area contributed by atoms with Crippen molar-refractivity contribution in [2.45, 2.75) is 62.7 Å². The van der Waals surface area contributed by atoms with Crippen molar-refractivity contribution in [3.63, 3.8) is 0 Å². The SMILES string of the molecule is CSCCC(NC(=O)C(CCCN=C(N)N)NC(=O)C(N)Cc1ccc(O)cc1)C(=O)NC(CCC(=O)O)C(=O)O. The highest BCUT2D eigenvalue weighted by Crippen LogP contribution is 2.11. The third kappa shape index (κ3) is 14.2. The van der Waals surface area contributed by atoms with E-state index in [1.807, 2.05) is 0 Å². The van der Waals surface area contributed by atoms with E-state index in [4.69, 9.17) is 22.3 Å². The van der Waals surface area contributed by atoms with Crippen LogP contribution >= 0.6 is 11.8 Å².